The van der Waals surface area contributed by atoms with E-state index in [0.29, 0.717) is 25.9 Å². The summed E-state index contributed by atoms with van der Waals surface area (Å²) in [5.74, 6) is 0.389. The maximum atomic E-state index is 12.3. The third-order valence-corrected chi connectivity index (χ3v) is 5.23. The monoisotopic (exact) mass is 354 g/mol. The van der Waals surface area contributed by atoms with E-state index in [0.717, 1.165) is 11.3 Å². The number of piperidine rings is 1. The molecule has 0 bridgehead atoms. The second-order valence-corrected chi connectivity index (χ2v) is 8.47. The Balaban J connectivity index is 1.91. The van der Waals surface area contributed by atoms with Gasteiger partial charge in [0.2, 0.25) is 15.9 Å². The number of carbonyl (C=O) groups excluding carboxylic acids is 1. The highest BCUT2D eigenvalue weighted by Crippen LogP contribution is 2.19. The second kappa shape index (κ2) is 7.98. The van der Waals surface area contributed by atoms with E-state index in [1.807, 2.05) is 38.1 Å². The fraction of sp³-hybridized carbons (Fsp3) is 0.588. The van der Waals surface area contributed by atoms with Crippen LogP contribution < -0.4 is 10.1 Å². The van der Waals surface area contributed by atoms with Gasteiger partial charge in [-0.2, -0.15) is 0 Å². The molecule has 0 aliphatic carbocycles. The Hall–Kier alpha value is -1.60. The molecule has 0 spiro atoms. The molecule has 2 rings (SSSR count). The molecule has 1 aliphatic heterocycles. The smallest absolute Gasteiger partial charge is 0.224 e. The molecule has 6 nitrogen and oxygen atoms in total. The molecule has 1 aromatic carbocycles. The highest BCUT2D eigenvalue weighted by atomic mass is 32.2. The van der Waals surface area contributed by atoms with Crippen molar-refractivity contribution in [2.24, 2.45) is 5.92 Å². The molecule has 1 aromatic rings. The zero-order chi connectivity index (χ0) is 17.7. The molecule has 0 unspecified atom stereocenters. The average molecular weight is 354 g/mol. The van der Waals surface area contributed by atoms with Gasteiger partial charge in [0.1, 0.15) is 5.75 Å². The Labute approximate surface area is 144 Å². The van der Waals surface area contributed by atoms with Gasteiger partial charge in [0.15, 0.2) is 0 Å². The minimum atomic E-state index is -3.24. The Morgan fingerprint density at radius 3 is 2.83 bits per heavy atom. The zero-order valence-corrected chi connectivity index (χ0v) is 15.3. The standard InChI is InChI=1S/C17H26N2O4S/c1-13(2)23-16-8-4-6-14(10-16)11-18-17(20)15-7-5-9-19(12-15)24(3,21)22/h4,6,8,10,13,15H,5,7,9,11-12H2,1-3H3,(H,18,20)/t15-/m0/s1. The molecule has 7 heteroatoms. The van der Waals surface area contributed by atoms with Crippen molar-refractivity contribution in [2.75, 3.05) is 19.3 Å². The highest BCUT2D eigenvalue weighted by Gasteiger charge is 2.29. The molecular weight excluding hydrogens is 328 g/mol. The topological polar surface area (TPSA) is 75.7 Å². The minimum Gasteiger partial charge on any atom is -0.491 e. The number of nitrogens with zero attached hydrogens (tertiary/aromatic N) is 1. The summed E-state index contributed by atoms with van der Waals surface area (Å²) in [6, 6.07) is 7.61. The van der Waals surface area contributed by atoms with Crippen molar-refractivity contribution < 1.29 is 17.9 Å². The lowest BCUT2D eigenvalue weighted by molar-refractivity contribution is -0.126. The minimum absolute atomic E-state index is 0.0963. The molecule has 24 heavy (non-hydrogen) atoms. The number of rotatable bonds is 6. The summed E-state index contributed by atoms with van der Waals surface area (Å²) in [6.07, 6.45) is 2.71. The van der Waals surface area contributed by atoms with E-state index in [1.165, 1.54) is 10.6 Å². The first kappa shape index (κ1) is 18.7. The summed E-state index contributed by atoms with van der Waals surface area (Å²) in [4.78, 5) is 12.3. The fourth-order valence-corrected chi connectivity index (χ4v) is 3.70. The maximum absolute atomic E-state index is 12.3. The van der Waals surface area contributed by atoms with Gasteiger partial charge in [0, 0.05) is 19.6 Å². The Bertz CT molecular complexity index is 673. The van der Waals surface area contributed by atoms with Crippen LogP contribution in [0.5, 0.6) is 5.75 Å². The van der Waals surface area contributed by atoms with Crippen LogP contribution in [0.15, 0.2) is 24.3 Å². The number of sulfonamides is 1. The lowest BCUT2D eigenvalue weighted by atomic mass is 9.99. The van der Waals surface area contributed by atoms with Crippen LogP contribution in [-0.2, 0) is 21.4 Å². The van der Waals surface area contributed by atoms with Crippen LogP contribution in [0.2, 0.25) is 0 Å². The predicted octanol–water partition coefficient (Wildman–Crippen LogP) is 1.76. The van der Waals surface area contributed by atoms with Gasteiger partial charge in [-0.25, -0.2) is 12.7 Å². The first-order valence-corrected chi connectivity index (χ1v) is 10.1. The molecule has 1 atom stereocenters. The molecule has 1 aliphatic rings. The molecule has 0 radical (unpaired) electrons. The van der Waals surface area contributed by atoms with Gasteiger partial charge in [0.05, 0.1) is 18.3 Å². The van der Waals surface area contributed by atoms with Crippen molar-refractivity contribution in [1.29, 1.82) is 0 Å². The molecule has 0 saturated carbocycles. The van der Waals surface area contributed by atoms with Crippen molar-refractivity contribution >= 4 is 15.9 Å². The normalized spacial score (nSPS) is 19.2. The van der Waals surface area contributed by atoms with E-state index < -0.39 is 10.0 Å². The molecule has 1 saturated heterocycles. The third-order valence-electron chi connectivity index (χ3n) is 3.96. The second-order valence-electron chi connectivity index (χ2n) is 6.49. The van der Waals surface area contributed by atoms with Gasteiger partial charge >= 0.3 is 0 Å². The summed E-state index contributed by atoms with van der Waals surface area (Å²) < 4.78 is 30.3. The number of carbonyl (C=O) groups is 1. The van der Waals surface area contributed by atoms with Crippen LogP contribution in [0, 0.1) is 5.92 Å². The summed E-state index contributed by atoms with van der Waals surface area (Å²) in [6.45, 7) is 5.10. The number of benzene rings is 1. The molecule has 1 fully saturated rings. The molecule has 1 amide bonds. The lowest BCUT2D eigenvalue weighted by Gasteiger charge is -2.30. The number of ether oxygens (including phenoxy) is 1. The van der Waals surface area contributed by atoms with E-state index in [2.05, 4.69) is 5.32 Å². The highest BCUT2D eigenvalue weighted by molar-refractivity contribution is 7.88. The molecule has 0 aromatic heterocycles. The molecule has 1 N–H and O–H groups in total. The van der Waals surface area contributed by atoms with Crippen LogP contribution in [0.4, 0.5) is 0 Å². The Kier molecular flexibility index (Phi) is 6.23. The van der Waals surface area contributed by atoms with Crippen molar-refractivity contribution in [2.45, 2.75) is 39.3 Å². The number of nitrogens with one attached hydrogen (secondary N) is 1. The summed E-state index contributed by atoms with van der Waals surface area (Å²) in [5, 5.41) is 2.91. The first-order chi connectivity index (χ1) is 11.3. The van der Waals surface area contributed by atoms with Crippen molar-refractivity contribution in [3.8, 4) is 5.75 Å². The summed E-state index contributed by atoms with van der Waals surface area (Å²) in [7, 11) is -3.24. The van der Waals surface area contributed by atoms with E-state index in [1.54, 1.807) is 0 Å². The van der Waals surface area contributed by atoms with Gasteiger partial charge in [-0.15, -0.1) is 0 Å². The van der Waals surface area contributed by atoms with Crippen molar-refractivity contribution in [1.82, 2.24) is 9.62 Å². The van der Waals surface area contributed by atoms with Gasteiger partial charge in [-0.3, -0.25) is 4.79 Å². The third kappa shape index (κ3) is 5.49. The van der Waals surface area contributed by atoms with Crippen LogP contribution in [-0.4, -0.2) is 44.1 Å². The first-order valence-electron chi connectivity index (χ1n) is 8.24. The van der Waals surface area contributed by atoms with E-state index in [4.69, 9.17) is 4.74 Å². The molecule has 134 valence electrons. The lowest BCUT2D eigenvalue weighted by Crippen LogP contribution is -2.44. The van der Waals surface area contributed by atoms with Gasteiger partial charge in [0.25, 0.3) is 0 Å². The Morgan fingerprint density at radius 2 is 2.17 bits per heavy atom. The summed E-state index contributed by atoms with van der Waals surface area (Å²) >= 11 is 0. The van der Waals surface area contributed by atoms with Gasteiger partial charge < -0.3 is 10.1 Å². The quantitative estimate of drug-likeness (QED) is 0.845. The summed E-state index contributed by atoms with van der Waals surface area (Å²) in [5.41, 5.74) is 0.956. The van der Waals surface area contributed by atoms with Crippen molar-refractivity contribution in [3.05, 3.63) is 29.8 Å². The van der Waals surface area contributed by atoms with Gasteiger partial charge in [-0.1, -0.05) is 12.1 Å². The molecular formula is C17H26N2O4S. The van der Waals surface area contributed by atoms with Crippen LogP contribution in [0.1, 0.15) is 32.3 Å². The molecule has 1 heterocycles. The van der Waals surface area contributed by atoms with Crippen LogP contribution in [0.3, 0.4) is 0 Å². The number of amides is 1. The van der Waals surface area contributed by atoms with E-state index in [9.17, 15) is 13.2 Å². The van der Waals surface area contributed by atoms with E-state index in [-0.39, 0.29) is 24.5 Å². The fourth-order valence-electron chi connectivity index (χ4n) is 2.79. The zero-order valence-electron chi connectivity index (χ0n) is 14.5. The number of hydrogen-bond acceptors (Lipinski definition) is 4. The maximum Gasteiger partial charge on any atom is 0.224 e. The predicted molar refractivity (Wildman–Crippen MR) is 93.2 cm³/mol. The number of hydrogen-bond donors (Lipinski definition) is 1. The van der Waals surface area contributed by atoms with E-state index >= 15 is 0 Å². The van der Waals surface area contributed by atoms with Crippen LogP contribution in [0.25, 0.3) is 0 Å². The van der Waals surface area contributed by atoms with Gasteiger partial charge in [-0.05, 0) is 44.4 Å². The largest absolute Gasteiger partial charge is 0.491 e. The van der Waals surface area contributed by atoms with Crippen LogP contribution >= 0.6 is 0 Å². The SMILES string of the molecule is CC(C)Oc1cccc(CNC(=O)[C@H]2CCCN(S(C)(=O)=O)C2)c1. The van der Waals surface area contributed by atoms with Crippen molar-refractivity contribution in [3.63, 3.8) is 0 Å². The average Bonchev–Trinajstić information content (AvgIpc) is 2.51. The Morgan fingerprint density at radius 1 is 1.42 bits per heavy atom.